The lowest BCUT2D eigenvalue weighted by molar-refractivity contribution is -0.150. The number of carboxylic acids is 1. The molecule has 4 atom stereocenters. The number of hydrogen-bond acceptors (Lipinski definition) is 5. The lowest BCUT2D eigenvalue weighted by Crippen LogP contribution is -2.59. The van der Waals surface area contributed by atoms with E-state index in [1.54, 1.807) is 27.7 Å². The maximum Gasteiger partial charge on any atom is 0.326 e. The molecule has 0 radical (unpaired) electrons. The zero-order valence-electron chi connectivity index (χ0n) is 16.7. The summed E-state index contributed by atoms with van der Waals surface area (Å²) < 4.78 is 0. The van der Waals surface area contributed by atoms with Crippen LogP contribution in [0.2, 0.25) is 0 Å². The summed E-state index contributed by atoms with van der Waals surface area (Å²) in [4.78, 5) is 50.2. The van der Waals surface area contributed by atoms with Gasteiger partial charge in [0.25, 0.3) is 0 Å². The third kappa shape index (κ3) is 5.92. The van der Waals surface area contributed by atoms with E-state index in [4.69, 9.17) is 5.73 Å². The fourth-order valence-corrected chi connectivity index (χ4v) is 3.04. The Morgan fingerprint density at radius 1 is 0.963 bits per heavy atom. The molecule has 9 nitrogen and oxygen atoms in total. The molecule has 27 heavy (non-hydrogen) atoms. The largest absolute Gasteiger partial charge is 0.480 e. The Balaban J connectivity index is 2.94. The second kappa shape index (κ2) is 9.68. The van der Waals surface area contributed by atoms with E-state index in [1.807, 2.05) is 0 Å². The van der Waals surface area contributed by atoms with Crippen LogP contribution in [0, 0.1) is 11.8 Å². The summed E-state index contributed by atoms with van der Waals surface area (Å²) in [6.45, 7) is 8.98. The van der Waals surface area contributed by atoms with E-state index in [0.29, 0.717) is 19.4 Å². The second-order valence-electron chi connectivity index (χ2n) is 7.78. The summed E-state index contributed by atoms with van der Waals surface area (Å²) >= 11 is 0. The van der Waals surface area contributed by atoms with Gasteiger partial charge in [-0.15, -0.1) is 0 Å². The number of nitrogens with zero attached hydrogens (tertiary/aromatic N) is 1. The Bertz CT molecular complexity index is 576. The average Bonchev–Trinajstić information content (AvgIpc) is 3.05. The maximum atomic E-state index is 12.9. The Morgan fingerprint density at radius 3 is 1.93 bits per heavy atom. The first-order valence-electron chi connectivity index (χ1n) is 9.37. The predicted molar refractivity (Wildman–Crippen MR) is 99.6 cm³/mol. The van der Waals surface area contributed by atoms with Crippen LogP contribution < -0.4 is 16.4 Å². The molecule has 1 aliphatic heterocycles. The van der Waals surface area contributed by atoms with Crippen LogP contribution in [0.25, 0.3) is 0 Å². The normalized spacial score (nSPS) is 20.3. The van der Waals surface area contributed by atoms with Gasteiger partial charge in [0.15, 0.2) is 0 Å². The Kier molecular flexibility index (Phi) is 8.20. The van der Waals surface area contributed by atoms with Crippen molar-refractivity contribution in [3.05, 3.63) is 0 Å². The molecule has 5 N–H and O–H groups in total. The van der Waals surface area contributed by atoms with E-state index in [-0.39, 0.29) is 11.8 Å². The summed E-state index contributed by atoms with van der Waals surface area (Å²) in [5.74, 6) is -2.86. The van der Waals surface area contributed by atoms with Crippen molar-refractivity contribution < 1.29 is 24.3 Å². The molecule has 0 saturated carbocycles. The van der Waals surface area contributed by atoms with Crippen molar-refractivity contribution in [3.8, 4) is 0 Å². The van der Waals surface area contributed by atoms with E-state index in [9.17, 15) is 24.3 Å². The molecule has 1 fully saturated rings. The SMILES string of the molecule is CC(N)C(=O)NC(C(=O)NC(C(=O)N1CCCC1C(=O)O)C(C)C)C(C)C. The van der Waals surface area contributed by atoms with Crippen molar-refractivity contribution in [3.63, 3.8) is 0 Å². The van der Waals surface area contributed by atoms with Crippen LogP contribution in [0.1, 0.15) is 47.5 Å². The van der Waals surface area contributed by atoms with Crippen LogP contribution in [0.5, 0.6) is 0 Å². The van der Waals surface area contributed by atoms with Gasteiger partial charge in [0.1, 0.15) is 18.1 Å². The number of aliphatic carboxylic acids is 1. The highest BCUT2D eigenvalue weighted by Gasteiger charge is 2.39. The van der Waals surface area contributed by atoms with E-state index in [0.717, 1.165) is 0 Å². The first-order chi connectivity index (χ1) is 12.5. The monoisotopic (exact) mass is 384 g/mol. The molecule has 0 aromatic heterocycles. The summed E-state index contributed by atoms with van der Waals surface area (Å²) in [6.07, 6.45) is 1.01. The molecule has 4 unspecified atom stereocenters. The number of likely N-dealkylation sites (tertiary alicyclic amines) is 1. The number of carbonyl (C=O) groups is 4. The molecule has 1 rings (SSSR count). The fourth-order valence-electron chi connectivity index (χ4n) is 3.04. The topological polar surface area (TPSA) is 142 Å². The maximum absolute atomic E-state index is 12.9. The minimum Gasteiger partial charge on any atom is -0.480 e. The smallest absolute Gasteiger partial charge is 0.326 e. The number of nitrogens with two attached hydrogens (primary N) is 1. The molecule has 9 heteroatoms. The lowest BCUT2D eigenvalue weighted by Gasteiger charge is -2.31. The van der Waals surface area contributed by atoms with Gasteiger partial charge >= 0.3 is 5.97 Å². The van der Waals surface area contributed by atoms with Crippen LogP contribution in [0.4, 0.5) is 0 Å². The molecule has 0 aliphatic carbocycles. The van der Waals surface area contributed by atoms with Crippen molar-refractivity contribution in [2.24, 2.45) is 17.6 Å². The highest BCUT2D eigenvalue weighted by atomic mass is 16.4. The van der Waals surface area contributed by atoms with Crippen molar-refractivity contribution in [2.75, 3.05) is 6.54 Å². The van der Waals surface area contributed by atoms with Gasteiger partial charge in [-0.05, 0) is 31.6 Å². The van der Waals surface area contributed by atoms with Gasteiger partial charge in [0.2, 0.25) is 17.7 Å². The van der Waals surface area contributed by atoms with Crippen LogP contribution in [0.3, 0.4) is 0 Å². The van der Waals surface area contributed by atoms with E-state index >= 15 is 0 Å². The molecule has 3 amide bonds. The van der Waals surface area contributed by atoms with E-state index < -0.39 is 47.9 Å². The van der Waals surface area contributed by atoms with Gasteiger partial charge in [0, 0.05) is 6.54 Å². The molecular formula is C18H32N4O5. The van der Waals surface area contributed by atoms with E-state index in [1.165, 1.54) is 11.8 Å². The highest BCUT2D eigenvalue weighted by molar-refractivity contribution is 5.94. The third-order valence-electron chi connectivity index (χ3n) is 4.71. The fraction of sp³-hybridized carbons (Fsp3) is 0.778. The first-order valence-corrected chi connectivity index (χ1v) is 9.37. The molecule has 1 saturated heterocycles. The molecule has 0 spiro atoms. The van der Waals surface area contributed by atoms with Gasteiger partial charge in [-0.25, -0.2) is 4.79 Å². The quantitative estimate of drug-likeness (QED) is 0.452. The standard InChI is InChI=1S/C18H32N4O5/c1-9(2)13(20-15(23)11(5)19)16(24)21-14(10(3)4)17(25)22-8-6-7-12(22)18(26)27/h9-14H,6-8,19H2,1-5H3,(H,20,23)(H,21,24)(H,26,27). The molecular weight excluding hydrogens is 352 g/mol. The molecule has 154 valence electrons. The highest BCUT2D eigenvalue weighted by Crippen LogP contribution is 2.20. The summed E-state index contributed by atoms with van der Waals surface area (Å²) in [7, 11) is 0. The van der Waals surface area contributed by atoms with Gasteiger partial charge in [-0.2, -0.15) is 0 Å². The summed E-state index contributed by atoms with van der Waals surface area (Å²) in [6, 6.07) is -3.34. The first kappa shape index (κ1) is 22.9. The third-order valence-corrected chi connectivity index (χ3v) is 4.71. The van der Waals surface area contributed by atoms with Crippen molar-refractivity contribution in [1.29, 1.82) is 0 Å². The Labute approximate surface area is 160 Å². The minimum atomic E-state index is -1.04. The second-order valence-corrected chi connectivity index (χ2v) is 7.78. The Morgan fingerprint density at radius 2 is 1.48 bits per heavy atom. The van der Waals surface area contributed by atoms with Gasteiger partial charge in [-0.1, -0.05) is 27.7 Å². The number of amides is 3. The zero-order valence-corrected chi connectivity index (χ0v) is 16.7. The molecule has 0 aromatic carbocycles. The average molecular weight is 384 g/mol. The van der Waals surface area contributed by atoms with Crippen LogP contribution in [-0.4, -0.2) is 64.4 Å². The number of carboxylic acid groups (broad SMARTS) is 1. The number of rotatable bonds is 8. The van der Waals surface area contributed by atoms with E-state index in [2.05, 4.69) is 10.6 Å². The van der Waals surface area contributed by atoms with Crippen LogP contribution in [-0.2, 0) is 19.2 Å². The van der Waals surface area contributed by atoms with Crippen LogP contribution in [0.15, 0.2) is 0 Å². The Hall–Kier alpha value is -2.16. The summed E-state index contributed by atoms with van der Waals surface area (Å²) in [5, 5.41) is 14.6. The summed E-state index contributed by atoms with van der Waals surface area (Å²) in [5.41, 5.74) is 5.55. The van der Waals surface area contributed by atoms with Crippen molar-refractivity contribution in [1.82, 2.24) is 15.5 Å². The van der Waals surface area contributed by atoms with Crippen LogP contribution >= 0.6 is 0 Å². The van der Waals surface area contributed by atoms with Gasteiger partial charge < -0.3 is 26.4 Å². The molecule has 1 heterocycles. The lowest BCUT2D eigenvalue weighted by atomic mass is 9.98. The number of hydrogen-bond donors (Lipinski definition) is 4. The minimum absolute atomic E-state index is 0.214. The number of carbonyl (C=O) groups excluding carboxylic acids is 3. The number of nitrogens with one attached hydrogen (secondary N) is 2. The zero-order chi connectivity index (χ0) is 20.9. The van der Waals surface area contributed by atoms with Crippen molar-refractivity contribution in [2.45, 2.75) is 71.6 Å². The predicted octanol–water partition coefficient (Wildman–Crippen LogP) is -0.309. The molecule has 0 aromatic rings. The molecule has 1 aliphatic rings. The van der Waals surface area contributed by atoms with Gasteiger partial charge in [-0.3, -0.25) is 14.4 Å². The van der Waals surface area contributed by atoms with Crippen molar-refractivity contribution >= 4 is 23.7 Å². The van der Waals surface area contributed by atoms with Gasteiger partial charge in [0.05, 0.1) is 6.04 Å². The molecule has 0 bridgehead atoms.